The Morgan fingerprint density at radius 2 is 2.28 bits per heavy atom. The SMILES string of the molecule is CC(C)Cn1ncnc1CN1CCC(O)C(C)C1. The number of hydrogen-bond donors (Lipinski definition) is 1. The Morgan fingerprint density at radius 1 is 1.50 bits per heavy atom. The van der Waals surface area contributed by atoms with Crippen molar-refractivity contribution in [3.63, 3.8) is 0 Å². The minimum Gasteiger partial charge on any atom is -0.393 e. The molecule has 0 spiro atoms. The summed E-state index contributed by atoms with van der Waals surface area (Å²) in [6.07, 6.45) is 2.36. The predicted molar refractivity (Wildman–Crippen MR) is 69.9 cm³/mol. The van der Waals surface area contributed by atoms with Gasteiger partial charge in [0.25, 0.3) is 0 Å². The zero-order chi connectivity index (χ0) is 13.1. The molecule has 2 unspecified atom stereocenters. The molecule has 2 heterocycles. The number of hydrogen-bond acceptors (Lipinski definition) is 4. The summed E-state index contributed by atoms with van der Waals surface area (Å²) in [5, 5.41) is 14.0. The summed E-state index contributed by atoms with van der Waals surface area (Å²) in [6, 6.07) is 0. The maximum absolute atomic E-state index is 9.74. The summed E-state index contributed by atoms with van der Waals surface area (Å²) >= 11 is 0. The van der Waals surface area contributed by atoms with Crippen molar-refractivity contribution >= 4 is 0 Å². The molecule has 1 aromatic rings. The van der Waals surface area contributed by atoms with Gasteiger partial charge in [0.05, 0.1) is 12.6 Å². The van der Waals surface area contributed by atoms with Crippen LogP contribution in [0.2, 0.25) is 0 Å². The van der Waals surface area contributed by atoms with Crippen molar-refractivity contribution in [3.8, 4) is 0 Å². The Morgan fingerprint density at radius 3 is 2.94 bits per heavy atom. The third-order valence-electron chi connectivity index (χ3n) is 3.54. The normalized spacial score (nSPS) is 25.8. The second kappa shape index (κ2) is 5.80. The molecule has 5 heteroatoms. The first kappa shape index (κ1) is 13.5. The van der Waals surface area contributed by atoms with E-state index in [9.17, 15) is 5.11 Å². The fraction of sp³-hybridized carbons (Fsp3) is 0.846. The molecule has 0 aromatic carbocycles. The molecule has 1 saturated heterocycles. The summed E-state index contributed by atoms with van der Waals surface area (Å²) in [6.45, 7) is 10.1. The molecule has 1 aliphatic heterocycles. The average molecular weight is 252 g/mol. The van der Waals surface area contributed by atoms with Crippen LogP contribution in [-0.2, 0) is 13.1 Å². The number of nitrogens with zero attached hydrogens (tertiary/aromatic N) is 4. The first-order chi connectivity index (χ1) is 8.56. The minimum absolute atomic E-state index is 0.144. The van der Waals surface area contributed by atoms with E-state index in [2.05, 4.69) is 35.8 Å². The molecule has 18 heavy (non-hydrogen) atoms. The molecule has 1 aliphatic rings. The van der Waals surface area contributed by atoms with Crippen molar-refractivity contribution in [1.29, 1.82) is 0 Å². The summed E-state index contributed by atoms with van der Waals surface area (Å²) in [5.74, 6) is 1.96. The average Bonchev–Trinajstić information content (AvgIpc) is 2.70. The molecule has 2 rings (SSSR count). The molecule has 0 aliphatic carbocycles. The van der Waals surface area contributed by atoms with Gasteiger partial charge in [0.15, 0.2) is 0 Å². The first-order valence-electron chi connectivity index (χ1n) is 6.83. The van der Waals surface area contributed by atoms with Gasteiger partial charge in [-0.05, 0) is 18.3 Å². The third-order valence-corrected chi connectivity index (χ3v) is 3.54. The highest BCUT2D eigenvalue weighted by Gasteiger charge is 2.25. The number of aliphatic hydroxyl groups is 1. The van der Waals surface area contributed by atoms with Crippen molar-refractivity contribution < 1.29 is 5.11 Å². The van der Waals surface area contributed by atoms with E-state index in [1.54, 1.807) is 6.33 Å². The molecule has 0 saturated carbocycles. The van der Waals surface area contributed by atoms with Crippen molar-refractivity contribution in [1.82, 2.24) is 19.7 Å². The molecule has 1 fully saturated rings. The van der Waals surface area contributed by atoms with Crippen LogP contribution in [0.1, 0.15) is 33.0 Å². The monoisotopic (exact) mass is 252 g/mol. The Labute approximate surface area is 109 Å². The second-order valence-electron chi connectivity index (χ2n) is 5.82. The third kappa shape index (κ3) is 3.29. The van der Waals surface area contributed by atoms with E-state index < -0.39 is 0 Å². The van der Waals surface area contributed by atoms with E-state index in [4.69, 9.17) is 0 Å². The molecule has 0 bridgehead atoms. The molecular formula is C13H24N4O. The number of likely N-dealkylation sites (tertiary alicyclic amines) is 1. The molecule has 2 atom stereocenters. The van der Waals surface area contributed by atoms with Crippen LogP contribution in [0.15, 0.2) is 6.33 Å². The van der Waals surface area contributed by atoms with Gasteiger partial charge in [0.1, 0.15) is 12.2 Å². The molecule has 102 valence electrons. The summed E-state index contributed by atoms with van der Waals surface area (Å²) in [5.41, 5.74) is 0. The number of rotatable bonds is 4. The lowest BCUT2D eigenvalue weighted by molar-refractivity contribution is 0.0305. The second-order valence-corrected chi connectivity index (χ2v) is 5.82. The summed E-state index contributed by atoms with van der Waals surface area (Å²) in [4.78, 5) is 6.71. The van der Waals surface area contributed by atoms with Gasteiger partial charge in [-0.1, -0.05) is 20.8 Å². The quantitative estimate of drug-likeness (QED) is 0.873. The Kier molecular flexibility index (Phi) is 4.35. The number of piperidine rings is 1. The lowest BCUT2D eigenvalue weighted by Gasteiger charge is -2.34. The van der Waals surface area contributed by atoms with Crippen LogP contribution in [0.4, 0.5) is 0 Å². The first-order valence-corrected chi connectivity index (χ1v) is 6.83. The van der Waals surface area contributed by atoms with Gasteiger partial charge in [-0.3, -0.25) is 4.90 Å². The highest BCUT2D eigenvalue weighted by Crippen LogP contribution is 2.18. The fourth-order valence-electron chi connectivity index (χ4n) is 2.47. The van der Waals surface area contributed by atoms with E-state index >= 15 is 0 Å². The van der Waals surface area contributed by atoms with Crippen LogP contribution in [-0.4, -0.2) is 44.0 Å². The van der Waals surface area contributed by atoms with Crippen molar-refractivity contribution in [3.05, 3.63) is 12.2 Å². The highest BCUT2D eigenvalue weighted by molar-refractivity contribution is 4.87. The van der Waals surface area contributed by atoms with Gasteiger partial charge in [-0.25, -0.2) is 9.67 Å². The van der Waals surface area contributed by atoms with Gasteiger partial charge in [0, 0.05) is 19.6 Å². The van der Waals surface area contributed by atoms with Crippen LogP contribution in [0.25, 0.3) is 0 Å². The van der Waals surface area contributed by atoms with Gasteiger partial charge in [0.2, 0.25) is 0 Å². The number of aromatic nitrogens is 3. The van der Waals surface area contributed by atoms with Crippen LogP contribution >= 0.6 is 0 Å². The van der Waals surface area contributed by atoms with Gasteiger partial charge < -0.3 is 5.11 Å². The zero-order valence-electron chi connectivity index (χ0n) is 11.6. The van der Waals surface area contributed by atoms with Crippen LogP contribution in [0, 0.1) is 11.8 Å². The van der Waals surface area contributed by atoms with E-state index in [1.807, 2.05) is 4.68 Å². The van der Waals surface area contributed by atoms with Gasteiger partial charge in [-0.2, -0.15) is 5.10 Å². The van der Waals surface area contributed by atoms with E-state index in [1.165, 1.54) is 0 Å². The Balaban J connectivity index is 1.95. The smallest absolute Gasteiger partial charge is 0.141 e. The van der Waals surface area contributed by atoms with Gasteiger partial charge in [-0.15, -0.1) is 0 Å². The molecule has 1 N–H and O–H groups in total. The summed E-state index contributed by atoms with van der Waals surface area (Å²) < 4.78 is 2.00. The predicted octanol–water partition coefficient (Wildman–Crippen LogP) is 1.14. The van der Waals surface area contributed by atoms with Crippen molar-refractivity contribution in [2.45, 2.75) is 46.4 Å². The maximum Gasteiger partial charge on any atom is 0.141 e. The van der Waals surface area contributed by atoms with Crippen LogP contribution < -0.4 is 0 Å². The van der Waals surface area contributed by atoms with Gasteiger partial charge >= 0.3 is 0 Å². The largest absolute Gasteiger partial charge is 0.393 e. The lowest BCUT2D eigenvalue weighted by Crippen LogP contribution is -2.41. The zero-order valence-corrected chi connectivity index (χ0v) is 11.6. The van der Waals surface area contributed by atoms with Crippen LogP contribution in [0.3, 0.4) is 0 Å². The van der Waals surface area contributed by atoms with Crippen LogP contribution in [0.5, 0.6) is 0 Å². The topological polar surface area (TPSA) is 54.2 Å². The lowest BCUT2D eigenvalue weighted by atomic mass is 9.97. The van der Waals surface area contributed by atoms with Crippen molar-refractivity contribution in [2.75, 3.05) is 13.1 Å². The number of aliphatic hydroxyl groups excluding tert-OH is 1. The van der Waals surface area contributed by atoms with Crippen molar-refractivity contribution in [2.24, 2.45) is 11.8 Å². The van der Waals surface area contributed by atoms with E-state index in [-0.39, 0.29) is 6.10 Å². The standard InChI is InChI=1S/C13H24N4O/c1-10(2)6-17-13(14-9-15-17)8-16-5-4-12(18)11(3)7-16/h9-12,18H,4-8H2,1-3H3. The van der Waals surface area contributed by atoms with E-state index in [0.29, 0.717) is 11.8 Å². The molecule has 0 amide bonds. The molecule has 0 radical (unpaired) electrons. The fourth-order valence-corrected chi connectivity index (χ4v) is 2.47. The highest BCUT2D eigenvalue weighted by atomic mass is 16.3. The molecule has 5 nitrogen and oxygen atoms in total. The molecule has 1 aromatic heterocycles. The Hall–Kier alpha value is -0.940. The van der Waals surface area contributed by atoms with E-state index in [0.717, 1.165) is 38.4 Å². The maximum atomic E-state index is 9.74. The molecular weight excluding hydrogens is 228 g/mol. The summed E-state index contributed by atoms with van der Waals surface area (Å²) in [7, 11) is 0. The minimum atomic E-state index is -0.144. The Bertz CT molecular complexity index is 377.